The number of benzene rings is 8. The molecular formula is C62H33N3. The van der Waals surface area contributed by atoms with Gasteiger partial charge in [-0.3, -0.25) is 4.98 Å². The smallest absolute Gasteiger partial charge is 0.0995 e. The molecule has 0 fully saturated rings. The van der Waals surface area contributed by atoms with Crippen LogP contribution in [-0.2, 0) is 10.8 Å². The van der Waals surface area contributed by atoms with Crippen molar-refractivity contribution in [3.8, 4) is 6.07 Å². The number of rotatable bonds is 0. The van der Waals surface area contributed by atoms with Crippen molar-refractivity contribution >= 4 is 38.1 Å². The summed E-state index contributed by atoms with van der Waals surface area (Å²) in [6, 6.07) is 63.2. The van der Waals surface area contributed by atoms with Gasteiger partial charge in [0.05, 0.1) is 40.1 Å². The van der Waals surface area contributed by atoms with Crippen molar-refractivity contribution in [1.29, 1.82) is 5.26 Å². The Labute approximate surface area is 373 Å². The minimum Gasteiger partial charge on any atom is -0.306 e. The fourth-order valence-electron chi connectivity index (χ4n) is 17.3. The standard InChI is InChI=1S/C62H33N3/c63-27-29-25-44-51(52-46(29)47-30-13-1-3-15-32(30)48(52)33-16-4-2-14-31(33)47)53-50-39(55-36-19-7-10-22-41(36)61(55)42-23-11-9-21-38(42)56(50)61)26-40-49-45(65(44)60(40)53)28-64-59-57-35-18-6-5-17-34(35)54-37-20-8-12-24-43(37)62(54,57)58(49)59/h1-26,28,47-48,54-57H. The van der Waals surface area contributed by atoms with E-state index >= 15 is 0 Å². The van der Waals surface area contributed by atoms with E-state index in [1.807, 2.05) is 0 Å². The molecule has 296 valence electrons. The van der Waals surface area contributed by atoms with E-state index in [-0.39, 0.29) is 40.4 Å². The van der Waals surface area contributed by atoms with Crippen molar-refractivity contribution in [2.45, 2.75) is 46.3 Å². The zero-order valence-electron chi connectivity index (χ0n) is 34.9. The van der Waals surface area contributed by atoms with Crippen LogP contribution in [0.3, 0.4) is 0 Å². The first-order valence-electron chi connectivity index (χ1n) is 23.5. The number of hydrogen-bond acceptors (Lipinski definition) is 2. The van der Waals surface area contributed by atoms with Gasteiger partial charge in [0, 0.05) is 67.9 Å². The van der Waals surface area contributed by atoms with Crippen LogP contribution in [0.4, 0.5) is 0 Å². The van der Waals surface area contributed by atoms with Gasteiger partial charge in [0.1, 0.15) is 0 Å². The molecule has 3 heteroatoms. The molecule has 0 radical (unpaired) electrons. The van der Waals surface area contributed by atoms with Crippen LogP contribution in [-0.4, -0.2) is 9.38 Å². The first-order chi connectivity index (χ1) is 32.3. The zero-order chi connectivity index (χ0) is 41.6. The minimum atomic E-state index is -0.151. The van der Waals surface area contributed by atoms with Crippen LogP contribution in [0.15, 0.2) is 164 Å². The molecule has 3 aromatic heterocycles. The van der Waals surface area contributed by atoms with E-state index in [1.165, 1.54) is 133 Å². The van der Waals surface area contributed by atoms with E-state index in [9.17, 15) is 5.26 Å². The van der Waals surface area contributed by atoms with Crippen LogP contribution in [0.5, 0.6) is 0 Å². The molecule has 0 amide bonds. The molecule has 6 unspecified atom stereocenters. The van der Waals surface area contributed by atoms with Crippen LogP contribution in [0.1, 0.15) is 141 Å². The van der Waals surface area contributed by atoms with Gasteiger partial charge in [-0.15, -0.1) is 0 Å². The van der Waals surface area contributed by atoms with Crippen LogP contribution in [0.2, 0.25) is 0 Å². The summed E-state index contributed by atoms with van der Waals surface area (Å²) in [6.45, 7) is 0. The SMILES string of the molecule is N#Cc1cc2c(c3c1C1c4ccccc4C3c3ccccc31)c1c3c(cc4c5c6c(ncc5n2c41)C1c2ccccc2C2c4ccccc4C621)C1c2ccccc2C12c1ccccc1C32. The van der Waals surface area contributed by atoms with Gasteiger partial charge in [-0.1, -0.05) is 146 Å². The number of hydrogen-bond donors (Lipinski definition) is 0. The highest BCUT2D eigenvalue weighted by Crippen LogP contribution is 2.80. The van der Waals surface area contributed by atoms with Gasteiger partial charge >= 0.3 is 0 Å². The summed E-state index contributed by atoms with van der Waals surface area (Å²) in [4.78, 5) is 5.58. The van der Waals surface area contributed by atoms with Crippen molar-refractivity contribution in [1.82, 2.24) is 9.38 Å². The van der Waals surface area contributed by atoms with E-state index in [4.69, 9.17) is 4.98 Å². The highest BCUT2D eigenvalue weighted by molar-refractivity contribution is 6.28. The Hall–Kier alpha value is -7.80. The largest absolute Gasteiger partial charge is 0.306 e. The summed E-state index contributed by atoms with van der Waals surface area (Å²) in [5, 5.41) is 16.9. The van der Waals surface area contributed by atoms with Crippen molar-refractivity contribution in [2.24, 2.45) is 0 Å². The fourth-order valence-corrected chi connectivity index (χ4v) is 17.3. The lowest BCUT2D eigenvalue weighted by molar-refractivity contribution is 0.328. The monoisotopic (exact) mass is 819 g/mol. The molecule has 65 heavy (non-hydrogen) atoms. The molecule has 20 rings (SSSR count). The maximum atomic E-state index is 11.4. The van der Waals surface area contributed by atoms with Crippen LogP contribution in [0, 0.1) is 11.3 Å². The predicted molar refractivity (Wildman–Crippen MR) is 253 cm³/mol. The molecule has 9 aliphatic carbocycles. The van der Waals surface area contributed by atoms with E-state index in [0.29, 0.717) is 5.92 Å². The number of nitrogens with zero attached hydrogens (tertiary/aromatic N) is 3. The van der Waals surface area contributed by atoms with Crippen LogP contribution >= 0.6 is 0 Å². The summed E-state index contributed by atoms with van der Waals surface area (Å²) in [6.07, 6.45) is 2.22. The maximum Gasteiger partial charge on any atom is 0.0995 e. The van der Waals surface area contributed by atoms with Crippen LogP contribution in [0.25, 0.3) is 38.1 Å². The molecule has 9 aliphatic rings. The molecule has 0 saturated heterocycles. The minimum absolute atomic E-state index is 0.000381. The van der Waals surface area contributed by atoms with Gasteiger partial charge in [0.15, 0.2) is 0 Å². The summed E-state index contributed by atoms with van der Waals surface area (Å²) in [7, 11) is 0. The average Bonchev–Trinajstić information content (AvgIpc) is 3.98. The molecule has 6 atom stereocenters. The third-order valence-electron chi connectivity index (χ3n) is 18.9. The Morgan fingerprint density at radius 3 is 1.57 bits per heavy atom. The highest BCUT2D eigenvalue weighted by atomic mass is 15.0. The lowest BCUT2D eigenvalue weighted by Gasteiger charge is -2.58. The topological polar surface area (TPSA) is 41.1 Å². The first-order valence-corrected chi connectivity index (χ1v) is 23.5. The lowest BCUT2D eigenvalue weighted by Crippen LogP contribution is -2.53. The molecule has 0 saturated carbocycles. The second-order valence-corrected chi connectivity index (χ2v) is 20.5. The fraction of sp³-hybridized carbons (Fsp3) is 0.129. The van der Waals surface area contributed by atoms with E-state index in [1.54, 1.807) is 0 Å². The maximum absolute atomic E-state index is 11.4. The van der Waals surface area contributed by atoms with Crippen molar-refractivity contribution < 1.29 is 0 Å². The molecule has 3 nitrogen and oxygen atoms in total. The van der Waals surface area contributed by atoms with E-state index < -0.39 is 0 Å². The summed E-state index contributed by atoms with van der Waals surface area (Å²) < 4.78 is 2.60. The molecule has 3 heterocycles. The van der Waals surface area contributed by atoms with Gasteiger partial charge in [-0.25, -0.2) is 0 Å². The second-order valence-electron chi connectivity index (χ2n) is 20.5. The normalized spacial score (nSPS) is 26.9. The molecule has 0 aliphatic heterocycles. The number of nitriles is 1. The van der Waals surface area contributed by atoms with Crippen molar-refractivity contribution in [2.75, 3.05) is 0 Å². The molecule has 11 aromatic rings. The second kappa shape index (κ2) is 9.80. The quantitative estimate of drug-likeness (QED) is 0.153. The van der Waals surface area contributed by atoms with Gasteiger partial charge < -0.3 is 4.40 Å². The first kappa shape index (κ1) is 31.9. The van der Waals surface area contributed by atoms with Gasteiger partial charge in [0.25, 0.3) is 0 Å². The Morgan fingerprint density at radius 1 is 0.446 bits per heavy atom. The van der Waals surface area contributed by atoms with Gasteiger partial charge in [0.2, 0.25) is 0 Å². The number of aromatic nitrogens is 2. The zero-order valence-corrected chi connectivity index (χ0v) is 34.9. The highest BCUT2D eigenvalue weighted by Gasteiger charge is 2.72. The molecule has 0 N–H and O–H groups in total. The summed E-state index contributed by atoms with van der Waals surface area (Å²) in [5.41, 5.74) is 29.7. The number of pyridine rings is 1. The van der Waals surface area contributed by atoms with Gasteiger partial charge in [-0.2, -0.15) is 5.26 Å². The van der Waals surface area contributed by atoms with Gasteiger partial charge in [-0.05, 0) is 107 Å². The third kappa shape index (κ3) is 2.84. The Kier molecular flexibility index (Phi) is 4.82. The summed E-state index contributed by atoms with van der Waals surface area (Å²) in [5.74, 6) is 1.08. The van der Waals surface area contributed by atoms with Crippen molar-refractivity contribution in [3.05, 3.63) is 270 Å². The van der Waals surface area contributed by atoms with Crippen LogP contribution < -0.4 is 0 Å². The number of fused-ring (bicyclic) bond motifs is 22. The Morgan fingerprint density at radius 2 is 0.954 bits per heavy atom. The predicted octanol–water partition coefficient (Wildman–Crippen LogP) is 12.9. The molecular weight excluding hydrogens is 787 g/mol. The summed E-state index contributed by atoms with van der Waals surface area (Å²) >= 11 is 0. The Balaban J connectivity index is 1.03. The lowest BCUT2D eigenvalue weighted by atomic mass is 9.43. The van der Waals surface area contributed by atoms with E-state index in [0.717, 1.165) is 11.1 Å². The molecule has 2 spiro atoms. The molecule has 8 aromatic carbocycles. The van der Waals surface area contributed by atoms with Crippen molar-refractivity contribution in [3.63, 3.8) is 0 Å². The third-order valence-corrected chi connectivity index (χ3v) is 18.9. The average molecular weight is 820 g/mol. The Bertz CT molecular complexity index is 4230. The molecule has 2 bridgehead atoms. The van der Waals surface area contributed by atoms with E-state index in [2.05, 4.69) is 174 Å².